The van der Waals surface area contributed by atoms with Crippen LogP contribution < -0.4 is 4.74 Å². The van der Waals surface area contributed by atoms with Gasteiger partial charge in [-0.1, -0.05) is 91.0 Å². The van der Waals surface area contributed by atoms with E-state index in [2.05, 4.69) is 24.3 Å². The number of rotatable bonds is 9. The molecule has 34 heavy (non-hydrogen) atoms. The van der Waals surface area contributed by atoms with E-state index in [-0.39, 0.29) is 12.2 Å². The summed E-state index contributed by atoms with van der Waals surface area (Å²) in [5.41, 5.74) is 6.54. The summed E-state index contributed by atoms with van der Waals surface area (Å²) in [5, 5.41) is 9.39. The van der Waals surface area contributed by atoms with Crippen LogP contribution in [0.1, 0.15) is 39.0 Å². The highest BCUT2D eigenvalue weighted by Crippen LogP contribution is 2.35. The second kappa shape index (κ2) is 11.4. The zero-order valence-electron chi connectivity index (χ0n) is 18.7. The van der Waals surface area contributed by atoms with Crippen molar-refractivity contribution in [2.45, 2.75) is 13.0 Å². The Morgan fingerprint density at radius 3 is 1.88 bits per heavy atom. The number of hydrogen-bond acceptors (Lipinski definition) is 2. The van der Waals surface area contributed by atoms with Gasteiger partial charge in [-0.3, -0.25) is 0 Å². The van der Waals surface area contributed by atoms with Crippen molar-refractivity contribution in [3.8, 4) is 5.75 Å². The molecule has 4 rings (SSSR count). The molecule has 0 aliphatic rings. The third-order valence-electron chi connectivity index (χ3n) is 5.62. The van der Waals surface area contributed by atoms with Gasteiger partial charge in [0.25, 0.3) is 0 Å². The Balaban J connectivity index is 1.68. The molecule has 3 nitrogen and oxygen atoms in total. The smallest absolute Gasteiger partial charge is 0.336 e. The molecular weight excluding hydrogens is 444 g/mol. The molecule has 0 unspecified atom stereocenters. The number of aromatic carboxylic acids is 1. The average Bonchev–Trinajstić information content (AvgIpc) is 2.89. The molecule has 0 aromatic heterocycles. The van der Waals surface area contributed by atoms with Gasteiger partial charge >= 0.3 is 5.97 Å². The fourth-order valence-electron chi connectivity index (χ4n) is 4.00. The molecule has 0 amide bonds. The summed E-state index contributed by atoms with van der Waals surface area (Å²) < 4.78 is 5.92. The van der Waals surface area contributed by atoms with E-state index in [1.54, 1.807) is 18.2 Å². The topological polar surface area (TPSA) is 46.5 Å². The second-order valence-electron chi connectivity index (χ2n) is 7.80. The zero-order valence-corrected chi connectivity index (χ0v) is 19.4. The number of ether oxygens (including phenoxy) is 1. The maximum Gasteiger partial charge on any atom is 0.336 e. The minimum atomic E-state index is -0.958. The monoisotopic (exact) mass is 468 g/mol. The van der Waals surface area contributed by atoms with Crippen molar-refractivity contribution < 1.29 is 14.6 Å². The Morgan fingerprint density at radius 2 is 1.26 bits per heavy atom. The van der Waals surface area contributed by atoms with Crippen LogP contribution in [0, 0.1) is 0 Å². The van der Waals surface area contributed by atoms with Gasteiger partial charge in [0, 0.05) is 11.4 Å². The Hall–Kier alpha value is -3.82. The van der Waals surface area contributed by atoms with Crippen LogP contribution in [0.15, 0.2) is 109 Å². The summed E-state index contributed by atoms with van der Waals surface area (Å²) in [4.78, 5) is 11.5. The first-order valence-electron chi connectivity index (χ1n) is 11.1. The molecule has 0 bridgehead atoms. The molecule has 0 saturated carbocycles. The van der Waals surface area contributed by atoms with Crippen LogP contribution >= 0.6 is 11.6 Å². The number of alkyl halides is 1. The average molecular weight is 469 g/mol. The van der Waals surface area contributed by atoms with Crippen LogP contribution in [0.25, 0.3) is 11.1 Å². The lowest BCUT2D eigenvalue weighted by Gasteiger charge is -2.17. The predicted molar refractivity (Wildman–Crippen MR) is 138 cm³/mol. The molecule has 0 spiro atoms. The van der Waals surface area contributed by atoms with Gasteiger partial charge < -0.3 is 9.84 Å². The van der Waals surface area contributed by atoms with Crippen molar-refractivity contribution in [2.24, 2.45) is 0 Å². The highest BCUT2D eigenvalue weighted by atomic mass is 35.5. The molecule has 0 saturated heterocycles. The number of allylic oxidation sites excluding steroid dienone is 1. The predicted octanol–water partition coefficient (Wildman–Crippen LogP) is 7.55. The molecule has 1 N–H and O–H groups in total. The summed E-state index contributed by atoms with van der Waals surface area (Å²) in [7, 11) is 0. The second-order valence-corrected chi connectivity index (χ2v) is 8.18. The van der Waals surface area contributed by atoms with Gasteiger partial charge in [0.15, 0.2) is 0 Å². The quantitative estimate of drug-likeness (QED) is 0.204. The molecule has 0 fully saturated rings. The van der Waals surface area contributed by atoms with Gasteiger partial charge in [-0.15, -0.1) is 11.6 Å². The number of benzene rings is 4. The largest absolute Gasteiger partial charge is 0.489 e. The van der Waals surface area contributed by atoms with Crippen LogP contribution in [0.5, 0.6) is 5.75 Å². The van der Waals surface area contributed by atoms with E-state index in [0.29, 0.717) is 17.2 Å². The first-order valence-corrected chi connectivity index (χ1v) is 11.6. The molecule has 4 aromatic rings. The van der Waals surface area contributed by atoms with E-state index >= 15 is 0 Å². The minimum Gasteiger partial charge on any atom is -0.489 e. The lowest BCUT2D eigenvalue weighted by Crippen LogP contribution is -2.05. The van der Waals surface area contributed by atoms with Crippen LogP contribution in [0.3, 0.4) is 0 Å². The number of halogens is 1. The lowest BCUT2D eigenvalue weighted by atomic mass is 9.88. The van der Waals surface area contributed by atoms with E-state index < -0.39 is 5.97 Å². The van der Waals surface area contributed by atoms with Crippen molar-refractivity contribution in [1.82, 2.24) is 0 Å². The van der Waals surface area contributed by atoms with Gasteiger partial charge in [-0.05, 0) is 52.5 Å². The van der Waals surface area contributed by atoms with Gasteiger partial charge in [0.2, 0.25) is 0 Å². The van der Waals surface area contributed by atoms with Gasteiger partial charge in [-0.25, -0.2) is 4.79 Å². The van der Waals surface area contributed by atoms with Crippen molar-refractivity contribution in [2.75, 3.05) is 5.88 Å². The normalized spacial score (nSPS) is 11.6. The Kier molecular flexibility index (Phi) is 7.79. The number of carboxylic acid groups (broad SMARTS) is 1. The maximum absolute atomic E-state index is 11.5. The van der Waals surface area contributed by atoms with Crippen molar-refractivity contribution in [1.29, 1.82) is 0 Å². The van der Waals surface area contributed by atoms with Gasteiger partial charge in [0.1, 0.15) is 12.4 Å². The number of carbonyl (C=O) groups is 1. The summed E-state index contributed by atoms with van der Waals surface area (Å²) in [6.07, 6.45) is 0.736. The third-order valence-corrected chi connectivity index (χ3v) is 5.81. The Bertz CT molecular complexity index is 1260. The molecule has 0 atom stereocenters. The molecule has 0 aliphatic heterocycles. The van der Waals surface area contributed by atoms with Crippen molar-refractivity contribution in [3.05, 3.63) is 137 Å². The standard InChI is InChI=1S/C30H25ClO3/c31-20-19-27(22-9-3-1-4-10-22)29(23-11-5-2-6-12-23)24-15-17-26(18-16-24)34-21-25-13-7-8-14-28(25)30(32)33/h1-18H,19-21H2,(H,32,33)/b29-27-. The fourth-order valence-corrected chi connectivity index (χ4v) is 4.19. The number of hydrogen-bond donors (Lipinski definition) is 1. The van der Waals surface area contributed by atoms with Gasteiger partial charge in [-0.2, -0.15) is 0 Å². The molecule has 170 valence electrons. The highest BCUT2D eigenvalue weighted by Gasteiger charge is 2.14. The fraction of sp³-hybridized carbons (Fsp3) is 0.100. The van der Waals surface area contributed by atoms with E-state index in [9.17, 15) is 9.90 Å². The molecule has 4 aromatic carbocycles. The molecule has 0 radical (unpaired) electrons. The summed E-state index contributed by atoms with van der Waals surface area (Å²) in [6.45, 7) is 0.185. The molecule has 0 aliphatic carbocycles. The first kappa shape index (κ1) is 23.3. The van der Waals surface area contributed by atoms with E-state index in [0.717, 1.165) is 28.7 Å². The Labute approximate surface area is 204 Å². The van der Waals surface area contributed by atoms with Gasteiger partial charge in [0.05, 0.1) is 5.56 Å². The Morgan fingerprint density at radius 1 is 0.706 bits per heavy atom. The van der Waals surface area contributed by atoms with E-state index in [1.165, 1.54) is 5.57 Å². The van der Waals surface area contributed by atoms with Crippen molar-refractivity contribution in [3.63, 3.8) is 0 Å². The molecule has 4 heteroatoms. The SMILES string of the molecule is O=C(O)c1ccccc1COc1ccc(/C(=C(/CCCl)c2ccccc2)c2ccccc2)cc1. The molecular formula is C30H25ClO3. The van der Waals surface area contributed by atoms with Crippen LogP contribution in [0.4, 0.5) is 0 Å². The summed E-state index contributed by atoms with van der Waals surface area (Å²) in [5.74, 6) is 0.236. The summed E-state index contributed by atoms with van der Waals surface area (Å²) in [6, 6.07) is 35.4. The van der Waals surface area contributed by atoms with Crippen LogP contribution in [-0.4, -0.2) is 17.0 Å². The van der Waals surface area contributed by atoms with E-state index in [1.807, 2.05) is 66.7 Å². The lowest BCUT2D eigenvalue weighted by molar-refractivity contribution is 0.0694. The number of carboxylic acids is 1. The first-order chi connectivity index (χ1) is 16.7. The highest BCUT2D eigenvalue weighted by molar-refractivity contribution is 6.18. The van der Waals surface area contributed by atoms with Crippen LogP contribution in [0.2, 0.25) is 0 Å². The van der Waals surface area contributed by atoms with Crippen LogP contribution in [-0.2, 0) is 6.61 Å². The zero-order chi connectivity index (χ0) is 23.8. The third kappa shape index (κ3) is 5.56. The van der Waals surface area contributed by atoms with Crippen molar-refractivity contribution >= 4 is 28.7 Å². The molecule has 0 heterocycles. The summed E-state index contributed by atoms with van der Waals surface area (Å²) >= 11 is 6.23. The van der Waals surface area contributed by atoms with E-state index in [4.69, 9.17) is 16.3 Å². The minimum absolute atomic E-state index is 0.185. The maximum atomic E-state index is 11.5.